The van der Waals surface area contributed by atoms with Crippen molar-refractivity contribution in [2.24, 2.45) is 5.92 Å². The first kappa shape index (κ1) is 34.1. The van der Waals surface area contributed by atoms with Crippen LogP contribution in [0, 0.1) is 5.92 Å². The number of nitrogens with one attached hydrogen (secondary N) is 1. The topological polar surface area (TPSA) is 105 Å². The molecule has 0 saturated heterocycles. The highest BCUT2D eigenvalue weighted by atomic mass is 32.2. The molecule has 2 amide bonds. The zero-order valence-electron chi connectivity index (χ0n) is 26.6. The van der Waals surface area contributed by atoms with Crippen LogP contribution in [0.1, 0.15) is 25.0 Å². The highest BCUT2D eigenvalue weighted by molar-refractivity contribution is 7.92. The maximum Gasteiger partial charge on any atom is 0.264 e. The normalized spacial score (nSPS) is 11.8. The van der Waals surface area contributed by atoms with Crippen LogP contribution in [0.4, 0.5) is 5.69 Å². The lowest BCUT2D eigenvalue weighted by atomic mass is 10.0. The number of carbonyl (C=O) groups is 2. The molecule has 0 fully saturated rings. The molecule has 0 saturated carbocycles. The zero-order chi connectivity index (χ0) is 33.1. The van der Waals surface area contributed by atoms with Gasteiger partial charge in [0, 0.05) is 25.6 Å². The van der Waals surface area contributed by atoms with Gasteiger partial charge in [0.15, 0.2) is 0 Å². The second-order valence-electron chi connectivity index (χ2n) is 11.2. The summed E-state index contributed by atoms with van der Waals surface area (Å²) in [5.41, 5.74) is 1.78. The van der Waals surface area contributed by atoms with E-state index in [4.69, 9.17) is 9.47 Å². The summed E-state index contributed by atoms with van der Waals surface area (Å²) in [5.74, 6) is -0.0790. The van der Waals surface area contributed by atoms with E-state index in [0.29, 0.717) is 12.3 Å². The number of anilines is 1. The van der Waals surface area contributed by atoms with Gasteiger partial charge in [-0.05, 0) is 41.3 Å². The summed E-state index contributed by atoms with van der Waals surface area (Å²) >= 11 is 0. The average molecular weight is 644 g/mol. The molecule has 1 N–H and O–H groups in total. The summed E-state index contributed by atoms with van der Waals surface area (Å²) in [6.45, 7) is 3.89. The summed E-state index contributed by atoms with van der Waals surface area (Å²) in [6.07, 6.45) is 0.233. The Labute approximate surface area is 271 Å². The van der Waals surface area contributed by atoms with Crippen molar-refractivity contribution in [3.63, 3.8) is 0 Å². The van der Waals surface area contributed by atoms with Gasteiger partial charge in [-0.1, -0.05) is 92.7 Å². The van der Waals surface area contributed by atoms with E-state index in [1.807, 2.05) is 74.5 Å². The molecule has 0 bridgehead atoms. The zero-order valence-corrected chi connectivity index (χ0v) is 27.4. The maximum absolute atomic E-state index is 14.6. The summed E-state index contributed by atoms with van der Waals surface area (Å²) in [7, 11) is -1.39. The molecule has 4 rings (SSSR count). The molecule has 0 unspecified atom stereocenters. The number of ether oxygens (including phenoxy) is 2. The Morgan fingerprint density at radius 3 is 1.93 bits per heavy atom. The van der Waals surface area contributed by atoms with Gasteiger partial charge in [0.25, 0.3) is 10.0 Å². The van der Waals surface area contributed by atoms with E-state index in [0.717, 1.165) is 15.4 Å². The molecule has 0 radical (unpaired) electrons. The summed E-state index contributed by atoms with van der Waals surface area (Å²) in [6, 6.07) is 30.5. The molecular weight excluding hydrogens is 602 g/mol. The summed E-state index contributed by atoms with van der Waals surface area (Å²) in [4.78, 5) is 29.9. The molecule has 46 heavy (non-hydrogen) atoms. The second-order valence-corrected chi connectivity index (χ2v) is 13.1. The molecule has 4 aromatic carbocycles. The number of benzene rings is 4. The van der Waals surface area contributed by atoms with Gasteiger partial charge in [0.2, 0.25) is 11.8 Å². The fourth-order valence-corrected chi connectivity index (χ4v) is 6.42. The van der Waals surface area contributed by atoms with Crippen LogP contribution in [-0.2, 0) is 32.6 Å². The number of hydrogen-bond acceptors (Lipinski definition) is 6. The standard InChI is InChI=1S/C36H41N3O6S/c1-27(2)24-37-36(41)33(22-28-14-8-5-9-15-28)38(25-29-16-10-6-11-17-29)35(40)26-39(46(42,43)31-18-12-7-13-19-31)32-23-30(44-3)20-21-34(32)45-4/h5-21,23,27,33H,22,24-26H2,1-4H3,(H,37,41)/t33-/m1/s1. The van der Waals surface area contributed by atoms with Crippen LogP contribution in [0.3, 0.4) is 0 Å². The second kappa shape index (κ2) is 15.9. The fraction of sp³-hybridized carbons (Fsp3) is 0.278. The molecule has 242 valence electrons. The third kappa shape index (κ3) is 8.66. The van der Waals surface area contributed by atoms with Crippen LogP contribution in [0.15, 0.2) is 114 Å². The van der Waals surface area contributed by atoms with Crippen LogP contribution >= 0.6 is 0 Å². The van der Waals surface area contributed by atoms with Gasteiger partial charge in [-0.3, -0.25) is 13.9 Å². The van der Waals surface area contributed by atoms with Gasteiger partial charge in [0.1, 0.15) is 24.1 Å². The Morgan fingerprint density at radius 1 is 0.783 bits per heavy atom. The number of sulfonamides is 1. The van der Waals surface area contributed by atoms with Crippen molar-refractivity contribution in [1.29, 1.82) is 0 Å². The van der Waals surface area contributed by atoms with Gasteiger partial charge in [-0.15, -0.1) is 0 Å². The highest BCUT2D eigenvalue weighted by Crippen LogP contribution is 2.36. The van der Waals surface area contributed by atoms with Crippen molar-refractivity contribution in [1.82, 2.24) is 10.2 Å². The van der Waals surface area contributed by atoms with E-state index < -0.39 is 28.5 Å². The molecule has 0 aliphatic rings. The largest absolute Gasteiger partial charge is 0.497 e. The highest BCUT2D eigenvalue weighted by Gasteiger charge is 2.35. The predicted molar refractivity (Wildman–Crippen MR) is 179 cm³/mol. The van der Waals surface area contributed by atoms with Crippen molar-refractivity contribution in [3.8, 4) is 11.5 Å². The number of methoxy groups -OCH3 is 2. The minimum atomic E-state index is -4.29. The lowest BCUT2D eigenvalue weighted by molar-refractivity contribution is -0.140. The van der Waals surface area contributed by atoms with Crippen LogP contribution < -0.4 is 19.1 Å². The van der Waals surface area contributed by atoms with E-state index in [-0.39, 0.29) is 41.1 Å². The van der Waals surface area contributed by atoms with Crippen molar-refractivity contribution in [2.75, 3.05) is 31.6 Å². The van der Waals surface area contributed by atoms with Crippen molar-refractivity contribution >= 4 is 27.5 Å². The number of amides is 2. The summed E-state index contributed by atoms with van der Waals surface area (Å²) < 4.78 is 40.5. The minimum Gasteiger partial charge on any atom is -0.497 e. The van der Waals surface area contributed by atoms with E-state index >= 15 is 0 Å². The van der Waals surface area contributed by atoms with Crippen LogP contribution in [0.5, 0.6) is 11.5 Å². The van der Waals surface area contributed by atoms with E-state index in [2.05, 4.69) is 5.32 Å². The van der Waals surface area contributed by atoms with Gasteiger partial charge in [-0.2, -0.15) is 0 Å². The molecule has 0 aliphatic carbocycles. The molecule has 0 spiro atoms. The summed E-state index contributed by atoms with van der Waals surface area (Å²) in [5, 5.41) is 3.00. The Hall–Kier alpha value is -4.83. The third-order valence-corrected chi connectivity index (χ3v) is 9.19. The van der Waals surface area contributed by atoms with E-state index in [9.17, 15) is 18.0 Å². The van der Waals surface area contributed by atoms with Crippen molar-refractivity contribution in [3.05, 3.63) is 120 Å². The van der Waals surface area contributed by atoms with Gasteiger partial charge < -0.3 is 19.7 Å². The lowest BCUT2D eigenvalue weighted by Crippen LogP contribution is -2.53. The molecule has 0 aliphatic heterocycles. The van der Waals surface area contributed by atoms with Crippen LogP contribution in [0.25, 0.3) is 0 Å². The molecular formula is C36H41N3O6S. The van der Waals surface area contributed by atoms with Crippen LogP contribution in [-0.4, -0.2) is 58.5 Å². The SMILES string of the molecule is COc1ccc(OC)c(N(CC(=O)N(Cc2ccccc2)[C@H](Cc2ccccc2)C(=O)NCC(C)C)S(=O)(=O)c2ccccc2)c1. The molecule has 0 heterocycles. The molecule has 10 heteroatoms. The van der Waals surface area contributed by atoms with E-state index in [1.165, 1.54) is 37.3 Å². The third-order valence-electron chi connectivity index (χ3n) is 7.42. The lowest BCUT2D eigenvalue weighted by Gasteiger charge is -2.34. The number of rotatable bonds is 15. The molecule has 1 atom stereocenters. The number of carbonyl (C=O) groups excluding carboxylic acids is 2. The van der Waals surface area contributed by atoms with Crippen LogP contribution in [0.2, 0.25) is 0 Å². The van der Waals surface area contributed by atoms with Gasteiger partial charge in [-0.25, -0.2) is 8.42 Å². The maximum atomic E-state index is 14.6. The Bertz CT molecular complexity index is 1680. The van der Waals surface area contributed by atoms with Gasteiger partial charge in [0.05, 0.1) is 24.8 Å². The Morgan fingerprint density at radius 2 is 1.37 bits per heavy atom. The molecule has 0 aromatic heterocycles. The first-order valence-electron chi connectivity index (χ1n) is 15.1. The quantitative estimate of drug-likeness (QED) is 0.188. The van der Waals surface area contributed by atoms with Gasteiger partial charge >= 0.3 is 0 Å². The molecule has 4 aromatic rings. The minimum absolute atomic E-state index is 0.00204. The monoisotopic (exact) mass is 643 g/mol. The first-order chi connectivity index (χ1) is 22.1. The Balaban J connectivity index is 1.84. The number of hydrogen-bond donors (Lipinski definition) is 1. The molecule has 9 nitrogen and oxygen atoms in total. The van der Waals surface area contributed by atoms with Crippen molar-refractivity contribution in [2.45, 2.75) is 37.8 Å². The van der Waals surface area contributed by atoms with E-state index in [1.54, 1.807) is 30.3 Å². The first-order valence-corrected chi connectivity index (χ1v) is 16.5. The van der Waals surface area contributed by atoms with Crippen molar-refractivity contribution < 1.29 is 27.5 Å². The Kier molecular flexibility index (Phi) is 11.8. The number of nitrogens with zero attached hydrogens (tertiary/aromatic N) is 2. The average Bonchev–Trinajstić information content (AvgIpc) is 3.08. The smallest absolute Gasteiger partial charge is 0.264 e. The fourth-order valence-electron chi connectivity index (χ4n) is 4.98. The predicted octanol–water partition coefficient (Wildman–Crippen LogP) is 5.31.